The average Bonchev–Trinajstić information content (AvgIpc) is 2.48. The van der Waals surface area contributed by atoms with E-state index in [0.29, 0.717) is 0 Å². The van der Waals surface area contributed by atoms with Gasteiger partial charge >= 0.3 is 88.9 Å². The first-order valence-electron chi connectivity index (χ1n) is 7.02. The van der Waals surface area contributed by atoms with E-state index in [-0.39, 0.29) is 10.6 Å². The monoisotopic (exact) mass is 450 g/mol. The van der Waals surface area contributed by atoms with Crippen LogP contribution in [0.2, 0.25) is 0 Å². The van der Waals surface area contributed by atoms with Crippen molar-refractivity contribution >= 4 is 35.9 Å². The van der Waals surface area contributed by atoms with Crippen LogP contribution < -0.4 is 11.1 Å². The molecular formula is C14H19AsN2O8S. The maximum atomic E-state index is 11.3. The van der Waals surface area contributed by atoms with Crippen LogP contribution in [0.5, 0.6) is 0 Å². The fraction of sp³-hybridized carbons (Fsp3) is 0.214. The van der Waals surface area contributed by atoms with Crippen LogP contribution in [0.4, 0.5) is 5.69 Å². The third-order valence-electron chi connectivity index (χ3n) is 3.26. The van der Waals surface area contributed by atoms with Crippen molar-refractivity contribution in [1.29, 1.82) is 0 Å². The zero-order valence-electron chi connectivity index (χ0n) is 13.6. The Kier molecular flexibility index (Phi) is 7.00. The first-order chi connectivity index (χ1) is 11.8. The van der Waals surface area contributed by atoms with Gasteiger partial charge in [-0.1, -0.05) is 12.1 Å². The number of aliphatic hydroxyl groups is 1. The van der Waals surface area contributed by atoms with E-state index in [2.05, 4.69) is 5.32 Å². The van der Waals surface area contributed by atoms with Gasteiger partial charge in [0, 0.05) is 0 Å². The molecule has 2 rings (SSSR count). The van der Waals surface area contributed by atoms with Gasteiger partial charge in [-0.2, -0.15) is 8.42 Å². The third-order valence-corrected chi connectivity index (χ3v) is 7.31. The van der Waals surface area contributed by atoms with Crippen LogP contribution in [0, 0.1) is 0 Å². The molecule has 0 radical (unpaired) electrons. The minimum atomic E-state index is -5.36. The molecule has 2 atom stereocenters. The molecule has 10 nitrogen and oxygen atoms in total. The number of aliphatic hydroxyl groups excluding tert-OH is 1. The summed E-state index contributed by atoms with van der Waals surface area (Å²) in [5, 5.41) is 11.7. The Labute approximate surface area is 152 Å². The Bertz CT molecular complexity index is 877. The van der Waals surface area contributed by atoms with Gasteiger partial charge in [0.2, 0.25) is 0 Å². The minimum Gasteiger partial charge on any atom is -0.398 e. The van der Waals surface area contributed by atoms with Crippen molar-refractivity contribution in [2.24, 2.45) is 0 Å². The van der Waals surface area contributed by atoms with Crippen LogP contribution in [0.15, 0.2) is 53.5 Å². The summed E-state index contributed by atoms with van der Waals surface area (Å²) >= 11 is -5.36. The third kappa shape index (κ3) is 5.31. The van der Waals surface area contributed by atoms with Crippen molar-refractivity contribution in [3.63, 3.8) is 0 Å². The molecule has 144 valence electrons. The van der Waals surface area contributed by atoms with E-state index >= 15 is 0 Å². The smallest absolute Gasteiger partial charge is 0.296 e. The number of nitrogens with two attached hydrogens (primary N) is 1. The van der Waals surface area contributed by atoms with Crippen LogP contribution in [0.25, 0.3) is 0 Å². The summed E-state index contributed by atoms with van der Waals surface area (Å²) < 4.78 is 57.4. The van der Waals surface area contributed by atoms with E-state index in [1.54, 1.807) is 6.07 Å². The van der Waals surface area contributed by atoms with Gasteiger partial charge in [0.1, 0.15) is 4.90 Å². The zero-order chi connectivity index (χ0) is 20.2. The predicted octanol–water partition coefficient (Wildman–Crippen LogP) is -1.24. The Hall–Kier alpha value is -1.88. The molecule has 0 fully saturated rings. The van der Waals surface area contributed by atoms with Gasteiger partial charge < -0.3 is 5.73 Å². The molecule has 1 aromatic carbocycles. The maximum Gasteiger partial charge on any atom is 0.296 e. The SMILES string of the molecule is CC(=O)NC1([As](=O)(O)O)C=CC=CC1O.Nc1ccccc1S(=O)(=O)O. The molecule has 7 N–H and O–H groups in total. The summed E-state index contributed by atoms with van der Waals surface area (Å²) in [5.41, 5.74) is 5.32. The van der Waals surface area contributed by atoms with Gasteiger partial charge in [0.15, 0.2) is 0 Å². The molecule has 0 aromatic heterocycles. The first kappa shape index (κ1) is 22.2. The largest absolute Gasteiger partial charge is 0.398 e. The fourth-order valence-electron chi connectivity index (χ4n) is 2.07. The van der Waals surface area contributed by atoms with E-state index in [1.807, 2.05) is 0 Å². The number of nitrogens with one attached hydrogen (secondary N) is 1. The van der Waals surface area contributed by atoms with Crippen LogP contribution >= 0.6 is 0 Å². The molecule has 0 saturated carbocycles. The minimum absolute atomic E-state index is 0.0509. The summed E-state index contributed by atoms with van der Waals surface area (Å²) in [4.78, 5) is 10.6. The van der Waals surface area contributed by atoms with E-state index < -0.39 is 40.6 Å². The molecule has 1 aliphatic rings. The number of anilines is 1. The number of hydrogen-bond acceptors (Lipinski definition) is 6. The van der Waals surface area contributed by atoms with Crippen LogP contribution in [-0.4, -0.2) is 56.8 Å². The van der Waals surface area contributed by atoms with Gasteiger partial charge in [-0.05, 0) is 12.1 Å². The molecule has 0 spiro atoms. The Morgan fingerprint density at radius 3 is 2.23 bits per heavy atom. The quantitative estimate of drug-likeness (QED) is 0.186. The Balaban J connectivity index is 0.000000273. The molecule has 0 bridgehead atoms. The molecule has 0 saturated heterocycles. The van der Waals surface area contributed by atoms with Crippen molar-refractivity contribution in [3.05, 3.63) is 48.6 Å². The topological polar surface area (TPSA) is 187 Å². The molecule has 2 unspecified atom stereocenters. The molecule has 1 amide bonds. The van der Waals surface area contributed by atoms with Crippen LogP contribution in [0.1, 0.15) is 6.92 Å². The molecule has 1 aliphatic carbocycles. The number of carbonyl (C=O) groups is 1. The van der Waals surface area contributed by atoms with Crippen molar-refractivity contribution in [2.45, 2.75) is 22.2 Å². The summed E-state index contributed by atoms with van der Waals surface area (Å²) in [7, 11) is -4.16. The number of nitrogen functional groups attached to an aromatic ring is 1. The number of para-hydroxylation sites is 1. The van der Waals surface area contributed by atoms with Gasteiger partial charge in [-0.15, -0.1) is 0 Å². The molecular weight excluding hydrogens is 431 g/mol. The molecule has 26 heavy (non-hydrogen) atoms. The number of allylic oxidation sites excluding steroid dienone is 2. The van der Waals surface area contributed by atoms with Gasteiger partial charge in [-0.25, -0.2) is 0 Å². The second kappa shape index (κ2) is 8.21. The number of benzene rings is 1. The number of hydrogen-bond donors (Lipinski definition) is 6. The normalized spacial score (nSPS) is 22.3. The molecule has 0 aliphatic heterocycles. The predicted molar refractivity (Wildman–Crippen MR) is 92.4 cm³/mol. The van der Waals surface area contributed by atoms with Crippen molar-refractivity contribution in [3.8, 4) is 0 Å². The summed E-state index contributed by atoms with van der Waals surface area (Å²) in [6.45, 7) is 1.13. The molecule has 0 heterocycles. The number of rotatable bonds is 3. The summed E-state index contributed by atoms with van der Waals surface area (Å²) in [6, 6.07) is 5.72. The molecule has 12 heteroatoms. The second-order valence-electron chi connectivity index (χ2n) is 5.25. The standard InChI is InChI=1S/C8H12AsNO5.C6H7NO3S/c1-6(11)10-8(9(13,14)15)5-3-2-4-7(8)12;7-5-3-1-2-4-6(5)11(8,9)10/h2-5,7,12H,1H3,(H,10,11)(H2,13,14,15);1-4H,7H2,(H,8,9,10). The van der Waals surface area contributed by atoms with Crippen molar-refractivity contribution in [2.75, 3.05) is 5.73 Å². The van der Waals surface area contributed by atoms with Crippen LogP contribution in [-0.2, 0) is 18.7 Å². The molecule has 1 aromatic rings. The van der Waals surface area contributed by atoms with Gasteiger partial charge in [0.25, 0.3) is 10.1 Å². The Morgan fingerprint density at radius 2 is 1.85 bits per heavy atom. The zero-order valence-corrected chi connectivity index (χ0v) is 16.2. The second-order valence-corrected chi connectivity index (χ2v) is 10.5. The summed E-state index contributed by atoms with van der Waals surface area (Å²) in [5.74, 6) is -0.612. The van der Waals surface area contributed by atoms with Gasteiger partial charge in [0.05, 0.1) is 5.69 Å². The van der Waals surface area contributed by atoms with Crippen molar-refractivity contribution in [1.82, 2.24) is 5.32 Å². The van der Waals surface area contributed by atoms with Gasteiger partial charge in [-0.3, -0.25) is 4.55 Å². The number of carbonyl (C=O) groups excluding carboxylic acids is 1. The first-order valence-corrected chi connectivity index (χ1v) is 11.8. The number of amides is 1. The van der Waals surface area contributed by atoms with E-state index in [0.717, 1.165) is 13.0 Å². The van der Waals surface area contributed by atoms with E-state index in [1.165, 1.54) is 36.4 Å². The fourth-order valence-corrected chi connectivity index (χ4v) is 4.82. The van der Waals surface area contributed by atoms with E-state index in [9.17, 15) is 30.2 Å². The van der Waals surface area contributed by atoms with Crippen molar-refractivity contribution < 1.29 is 34.8 Å². The van der Waals surface area contributed by atoms with Crippen LogP contribution in [0.3, 0.4) is 0 Å². The average molecular weight is 450 g/mol. The Morgan fingerprint density at radius 1 is 1.27 bits per heavy atom. The maximum absolute atomic E-state index is 11.3. The summed E-state index contributed by atoms with van der Waals surface area (Å²) in [6.07, 6.45) is 3.75. The van der Waals surface area contributed by atoms with E-state index in [4.69, 9.17) is 10.3 Å².